The van der Waals surface area contributed by atoms with Gasteiger partial charge >= 0.3 is 0 Å². The lowest BCUT2D eigenvalue weighted by molar-refractivity contribution is 0.128. The summed E-state index contributed by atoms with van der Waals surface area (Å²) in [6, 6.07) is 4.08. The first-order chi connectivity index (χ1) is 10.6. The van der Waals surface area contributed by atoms with Crippen molar-refractivity contribution < 1.29 is 9.15 Å². The molecule has 1 heterocycles. The molecule has 5 nitrogen and oxygen atoms in total. The average Bonchev–Trinajstić information content (AvgIpc) is 3.14. The van der Waals surface area contributed by atoms with E-state index in [0.29, 0.717) is 5.41 Å². The number of aryl methyl sites for hydroxylation is 1. The van der Waals surface area contributed by atoms with Gasteiger partial charge in [-0.2, -0.15) is 0 Å². The molecule has 1 aliphatic rings. The highest BCUT2D eigenvalue weighted by Crippen LogP contribution is 2.48. The fourth-order valence-electron chi connectivity index (χ4n) is 2.55. The zero-order chi connectivity index (χ0) is 16.0. The Bertz CT molecular complexity index is 492. The van der Waals surface area contributed by atoms with Gasteiger partial charge in [0.1, 0.15) is 11.5 Å². The van der Waals surface area contributed by atoms with Crippen LogP contribution in [0.1, 0.15) is 50.7 Å². The normalized spacial score (nSPS) is 18.1. The van der Waals surface area contributed by atoms with Crippen LogP contribution in [0.4, 0.5) is 0 Å². The Morgan fingerprint density at radius 2 is 2.23 bits per heavy atom. The van der Waals surface area contributed by atoms with E-state index in [-0.39, 0.29) is 6.04 Å². The third-order valence-corrected chi connectivity index (χ3v) is 4.33. The molecule has 2 N–H and O–H groups in total. The summed E-state index contributed by atoms with van der Waals surface area (Å²) in [5, 5.41) is 6.83. The molecule has 1 atom stereocenters. The molecule has 0 aromatic carbocycles. The van der Waals surface area contributed by atoms with Crippen molar-refractivity contribution in [1.82, 2.24) is 10.6 Å². The predicted molar refractivity (Wildman–Crippen MR) is 89.1 cm³/mol. The summed E-state index contributed by atoms with van der Waals surface area (Å²) in [4.78, 5) is 4.31. The van der Waals surface area contributed by atoms with E-state index in [1.165, 1.54) is 12.8 Å². The molecule has 0 spiro atoms. The number of guanidine groups is 1. The Morgan fingerprint density at radius 1 is 1.45 bits per heavy atom. The van der Waals surface area contributed by atoms with E-state index in [1.54, 1.807) is 7.05 Å². The first-order valence-corrected chi connectivity index (χ1v) is 8.20. The molecule has 1 aromatic rings. The molecule has 1 unspecified atom stereocenters. The average molecular weight is 307 g/mol. The molecule has 2 rings (SSSR count). The molecular weight excluding hydrogens is 278 g/mol. The van der Waals surface area contributed by atoms with Crippen LogP contribution >= 0.6 is 0 Å². The van der Waals surface area contributed by atoms with Crippen molar-refractivity contribution in [3.05, 3.63) is 23.7 Å². The molecule has 1 fully saturated rings. The Labute approximate surface area is 133 Å². The van der Waals surface area contributed by atoms with Gasteiger partial charge in [-0.25, -0.2) is 0 Å². The second-order valence-electron chi connectivity index (χ2n) is 6.19. The highest BCUT2D eigenvalue weighted by molar-refractivity contribution is 5.80. The summed E-state index contributed by atoms with van der Waals surface area (Å²) in [5.41, 5.74) is 0.400. The van der Waals surface area contributed by atoms with Crippen LogP contribution in [-0.2, 0) is 4.74 Å². The van der Waals surface area contributed by atoms with E-state index in [4.69, 9.17) is 9.15 Å². The quantitative estimate of drug-likeness (QED) is 0.440. The number of nitrogens with zero attached hydrogens (tertiary/aromatic N) is 1. The van der Waals surface area contributed by atoms with Gasteiger partial charge in [-0.3, -0.25) is 4.99 Å². The first kappa shape index (κ1) is 16.9. The van der Waals surface area contributed by atoms with Crippen LogP contribution in [0, 0.1) is 12.3 Å². The fourth-order valence-corrected chi connectivity index (χ4v) is 2.55. The Morgan fingerprint density at radius 3 is 2.77 bits per heavy atom. The van der Waals surface area contributed by atoms with Gasteiger partial charge in [-0.15, -0.1) is 0 Å². The van der Waals surface area contributed by atoms with Gasteiger partial charge in [0.2, 0.25) is 0 Å². The van der Waals surface area contributed by atoms with E-state index in [1.807, 2.05) is 26.0 Å². The maximum atomic E-state index is 5.65. The van der Waals surface area contributed by atoms with E-state index in [0.717, 1.165) is 43.7 Å². The molecule has 1 aliphatic carbocycles. The van der Waals surface area contributed by atoms with Gasteiger partial charge < -0.3 is 19.8 Å². The van der Waals surface area contributed by atoms with Crippen molar-refractivity contribution in [2.45, 2.75) is 46.1 Å². The number of hydrogen-bond donors (Lipinski definition) is 2. The highest BCUT2D eigenvalue weighted by atomic mass is 16.5. The smallest absolute Gasteiger partial charge is 0.191 e. The molecule has 5 heteroatoms. The number of hydrogen-bond acceptors (Lipinski definition) is 3. The third-order valence-electron chi connectivity index (χ3n) is 4.33. The second-order valence-corrected chi connectivity index (χ2v) is 6.19. The fraction of sp³-hybridized carbons (Fsp3) is 0.706. The van der Waals surface area contributed by atoms with Crippen LogP contribution in [0.15, 0.2) is 21.5 Å². The molecular formula is C17H29N3O2. The molecule has 0 radical (unpaired) electrons. The van der Waals surface area contributed by atoms with Crippen molar-refractivity contribution in [3.8, 4) is 0 Å². The van der Waals surface area contributed by atoms with E-state index >= 15 is 0 Å². The SMILES string of the molecule is CCOCCC1(CNC(=NC)NC(C)c2ccc(C)o2)CC1. The molecule has 0 amide bonds. The van der Waals surface area contributed by atoms with Gasteiger partial charge in [-0.05, 0) is 57.6 Å². The summed E-state index contributed by atoms with van der Waals surface area (Å²) >= 11 is 0. The molecule has 0 aliphatic heterocycles. The maximum Gasteiger partial charge on any atom is 0.191 e. The number of aliphatic imine (C=N–C) groups is 1. The van der Waals surface area contributed by atoms with Gasteiger partial charge in [0.25, 0.3) is 0 Å². The zero-order valence-electron chi connectivity index (χ0n) is 14.2. The highest BCUT2D eigenvalue weighted by Gasteiger charge is 2.42. The Hall–Kier alpha value is -1.49. The van der Waals surface area contributed by atoms with Crippen LogP contribution in [0.3, 0.4) is 0 Å². The Balaban J connectivity index is 1.78. The van der Waals surface area contributed by atoms with Crippen LogP contribution in [0.25, 0.3) is 0 Å². The number of ether oxygens (including phenoxy) is 1. The topological polar surface area (TPSA) is 58.8 Å². The minimum Gasteiger partial charge on any atom is -0.464 e. The standard InChI is InChI=1S/C17H29N3O2/c1-5-21-11-10-17(8-9-17)12-19-16(18-4)20-14(3)15-7-6-13(2)22-15/h6-7,14H,5,8-12H2,1-4H3,(H2,18,19,20). The molecule has 0 bridgehead atoms. The van der Waals surface area contributed by atoms with Gasteiger partial charge in [0, 0.05) is 26.8 Å². The van der Waals surface area contributed by atoms with E-state index < -0.39 is 0 Å². The lowest BCUT2D eigenvalue weighted by Gasteiger charge is -2.20. The van der Waals surface area contributed by atoms with Gasteiger partial charge in [0.05, 0.1) is 6.04 Å². The molecule has 0 saturated heterocycles. The second kappa shape index (κ2) is 7.68. The lowest BCUT2D eigenvalue weighted by atomic mass is 10.0. The molecule has 22 heavy (non-hydrogen) atoms. The summed E-state index contributed by atoms with van der Waals surface area (Å²) in [7, 11) is 1.80. The number of rotatable bonds is 8. The number of furan rings is 1. The maximum absolute atomic E-state index is 5.65. The van der Waals surface area contributed by atoms with Crippen LogP contribution in [0.2, 0.25) is 0 Å². The van der Waals surface area contributed by atoms with Crippen molar-refractivity contribution in [2.75, 3.05) is 26.8 Å². The summed E-state index contributed by atoms with van der Waals surface area (Å²) < 4.78 is 11.1. The minimum atomic E-state index is 0.0958. The van der Waals surface area contributed by atoms with E-state index in [9.17, 15) is 0 Å². The summed E-state index contributed by atoms with van der Waals surface area (Å²) in [6.45, 7) is 8.68. The molecule has 1 saturated carbocycles. The summed E-state index contributed by atoms with van der Waals surface area (Å²) in [6.07, 6.45) is 3.67. The molecule has 1 aromatic heterocycles. The number of nitrogens with one attached hydrogen (secondary N) is 2. The van der Waals surface area contributed by atoms with E-state index in [2.05, 4.69) is 22.5 Å². The lowest BCUT2D eigenvalue weighted by Crippen LogP contribution is -2.41. The zero-order valence-corrected chi connectivity index (χ0v) is 14.2. The van der Waals surface area contributed by atoms with Gasteiger partial charge in [0.15, 0.2) is 5.96 Å². The minimum absolute atomic E-state index is 0.0958. The first-order valence-electron chi connectivity index (χ1n) is 8.20. The monoisotopic (exact) mass is 307 g/mol. The van der Waals surface area contributed by atoms with Crippen LogP contribution in [0.5, 0.6) is 0 Å². The third kappa shape index (κ3) is 4.77. The largest absolute Gasteiger partial charge is 0.464 e. The Kier molecular flexibility index (Phi) is 5.89. The van der Waals surface area contributed by atoms with Crippen LogP contribution < -0.4 is 10.6 Å². The van der Waals surface area contributed by atoms with Crippen molar-refractivity contribution in [1.29, 1.82) is 0 Å². The van der Waals surface area contributed by atoms with Crippen molar-refractivity contribution >= 4 is 5.96 Å². The van der Waals surface area contributed by atoms with Crippen molar-refractivity contribution in [2.24, 2.45) is 10.4 Å². The predicted octanol–water partition coefficient (Wildman–Crippen LogP) is 3.02. The van der Waals surface area contributed by atoms with Crippen LogP contribution in [-0.4, -0.2) is 32.8 Å². The van der Waals surface area contributed by atoms with Gasteiger partial charge in [-0.1, -0.05) is 0 Å². The molecule has 124 valence electrons. The summed E-state index contributed by atoms with van der Waals surface area (Å²) in [5.74, 6) is 2.68. The van der Waals surface area contributed by atoms with Crippen molar-refractivity contribution in [3.63, 3.8) is 0 Å².